The number of Topliss-reactive ketones (excluding diaryl/α,β-unsaturated/α-hetero) is 1. The molecule has 3 aromatic rings. The Bertz CT molecular complexity index is 1050. The predicted octanol–water partition coefficient (Wildman–Crippen LogP) is 5.59. The molecular weight excluding hydrogens is 418 g/mol. The predicted molar refractivity (Wildman–Crippen MR) is 121 cm³/mol. The highest BCUT2D eigenvalue weighted by molar-refractivity contribution is 7.14. The molecule has 2 aromatic heterocycles. The van der Waals surface area contributed by atoms with Gasteiger partial charge in [0.05, 0.1) is 9.75 Å². The molecule has 0 saturated heterocycles. The summed E-state index contributed by atoms with van der Waals surface area (Å²) in [5, 5.41) is 14.5. The summed E-state index contributed by atoms with van der Waals surface area (Å²) in [6.07, 6.45) is 0.250. The molecule has 0 fully saturated rings. The van der Waals surface area contributed by atoms with Crippen LogP contribution in [0.2, 0.25) is 0 Å². The first kappa shape index (κ1) is 23.4. The maximum absolute atomic E-state index is 12.1. The molecule has 0 aliphatic rings. The third kappa shape index (κ3) is 5.83. The lowest BCUT2D eigenvalue weighted by molar-refractivity contribution is -0.191. The van der Waals surface area contributed by atoms with Gasteiger partial charge in [-0.05, 0) is 34.9 Å². The molecule has 0 unspecified atom stereocenters. The van der Waals surface area contributed by atoms with E-state index in [-0.39, 0.29) is 29.6 Å². The van der Waals surface area contributed by atoms with Crippen LogP contribution in [0.4, 0.5) is 0 Å². The van der Waals surface area contributed by atoms with E-state index in [9.17, 15) is 9.90 Å². The van der Waals surface area contributed by atoms with E-state index in [1.807, 2.05) is 35.9 Å². The van der Waals surface area contributed by atoms with Crippen molar-refractivity contribution in [1.29, 1.82) is 0 Å². The summed E-state index contributed by atoms with van der Waals surface area (Å²) >= 11 is 2.91. The molecule has 0 aliphatic carbocycles. The highest BCUT2D eigenvalue weighted by atomic mass is 32.1. The van der Waals surface area contributed by atoms with Crippen LogP contribution in [0.15, 0.2) is 52.2 Å². The number of carbonyl (C=O) groups is 1. The van der Waals surface area contributed by atoms with Crippen LogP contribution in [-0.4, -0.2) is 29.3 Å². The van der Waals surface area contributed by atoms with E-state index in [2.05, 4.69) is 37.9 Å². The van der Waals surface area contributed by atoms with Crippen molar-refractivity contribution in [2.75, 3.05) is 6.54 Å². The van der Waals surface area contributed by atoms with E-state index in [1.165, 1.54) is 28.2 Å². The highest BCUT2D eigenvalue weighted by Crippen LogP contribution is 2.39. The van der Waals surface area contributed by atoms with Gasteiger partial charge in [0.25, 0.3) is 0 Å². The van der Waals surface area contributed by atoms with Gasteiger partial charge >= 0.3 is 6.15 Å². The minimum atomic E-state index is -0.00272. The van der Waals surface area contributed by atoms with E-state index >= 15 is 0 Å². The van der Waals surface area contributed by atoms with Crippen molar-refractivity contribution in [3.05, 3.63) is 63.2 Å². The second-order valence-corrected chi connectivity index (χ2v) is 9.37. The van der Waals surface area contributed by atoms with Gasteiger partial charge in [-0.2, -0.15) is 9.59 Å². The van der Waals surface area contributed by atoms with Gasteiger partial charge in [-0.1, -0.05) is 51.1 Å². The quantitative estimate of drug-likeness (QED) is 0.413. The van der Waals surface area contributed by atoms with E-state index < -0.39 is 0 Å². The van der Waals surface area contributed by atoms with Crippen molar-refractivity contribution in [1.82, 2.24) is 0 Å². The summed E-state index contributed by atoms with van der Waals surface area (Å²) in [5.41, 5.74) is 3.70. The highest BCUT2D eigenvalue weighted by Gasteiger charge is 2.17. The Morgan fingerprint density at radius 3 is 2.27 bits per heavy atom. The molecule has 0 atom stereocenters. The van der Waals surface area contributed by atoms with Crippen LogP contribution in [-0.2, 0) is 15.0 Å². The standard InChI is InChI=1S/C22H23NO2S2.CO2/c1-14(23-12-18(24)19-6-5-11-26-19)17-13-27-21(20(17)25)15-7-9-16(10-8-15)22(2,3)4;2-1-3/h5-11,13,25H,12H2,1-4H3;. The molecule has 0 saturated carbocycles. The zero-order valence-electron chi connectivity index (χ0n) is 17.3. The van der Waals surface area contributed by atoms with Gasteiger partial charge in [-0.15, -0.1) is 22.7 Å². The number of aliphatic imine (C=N–C) groups is 1. The summed E-state index contributed by atoms with van der Waals surface area (Å²) in [4.78, 5) is 34.3. The smallest absolute Gasteiger partial charge is 0.373 e. The zero-order chi connectivity index (χ0) is 22.3. The summed E-state index contributed by atoms with van der Waals surface area (Å²) in [7, 11) is 0. The molecule has 0 spiro atoms. The Kier molecular flexibility index (Phi) is 8.00. The molecule has 1 N–H and O–H groups in total. The number of nitrogens with zero attached hydrogens (tertiary/aromatic N) is 1. The van der Waals surface area contributed by atoms with Gasteiger partial charge in [0.2, 0.25) is 0 Å². The molecule has 0 bridgehead atoms. The Hall–Kier alpha value is -2.86. The monoisotopic (exact) mass is 441 g/mol. The van der Waals surface area contributed by atoms with E-state index in [1.54, 1.807) is 6.07 Å². The molecule has 0 amide bonds. The van der Waals surface area contributed by atoms with Crippen LogP contribution >= 0.6 is 22.7 Å². The average molecular weight is 442 g/mol. The van der Waals surface area contributed by atoms with E-state index in [4.69, 9.17) is 9.59 Å². The number of hydrogen-bond donors (Lipinski definition) is 1. The molecular formula is C23H23NO4S2. The van der Waals surface area contributed by atoms with E-state index in [0.29, 0.717) is 16.2 Å². The van der Waals surface area contributed by atoms with Crippen LogP contribution in [0.1, 0.15) is 48.5 Å². The average Bonchev–Trinajstić information content (AvgIpc) is 3.36. The summed E-state index contributed by atoms with van der Waals surface area (Å²) in [5.74, 6) is 0.227. The van der Waals surface area contributed by atoms with Crippen LogP contribution in [0, 0.1) is 0 Å². The van der Waals surface area contributed by atoms with Crippen molar-refractivity contribution in [2.45, 2.75) is 33.1 Å². The van der Waals surface area contributed by atoms with Crippen LogP contribution in [0.3, 0.4) is 0 Å². The molecule has 5 nitrogen and oxygen atoms in total. The fourth-order valence-electron chi connectivity index (χ4n) is 2.73. The first-order chi connectivity index (χ1) is 14.2. The number of benzene rings is 1. The first-order valence-electron chi connectivity index (χ1n) is 9.17. The number of carbonyl (C=O) groups excluding carboxylic acids is 3. The Balaban J connectivity index is 0.00000101. The molecule has 0 aliphatic heterocycles. The van der Waals surface area contributed by atoms with Crippen molar-refractivity contribution < 1.29 is 19.5 Å². The van der Waals surface area contributed by atoms with Crippen molar-refractivity contribution in [3.63, 3.8) is 0 Å². The fourth-order valence-corrected chi connectivity index (χ4v) is 4.39. The normalized spacial score (nSPS) is 11.4. The first-order valence-corrected chi connectivity index (χ1v) is 10.9. The number of aromatic hydroxyl groups is 1. The minimum Gasteiger partial charge on any atom is -0.506 e. The lowest BCUT2D eigenvalue weighted by atomic mass is 9.86. The fraction of sp³-hybridized carbons (Fsp3) is 0.261. The minimum absolute atomic E-state index is 0.00272. The molecule has 1 aromatic carbocycles. The lowest BCUT2D eigenvalue weighted by Gasteiger charge is -2.19. The van der Waals surface area contributed by atoms with Gasteiger partial charge in [0, 0.05) is 16.7 Å². The number of rotatable bonds is 5. The summed E-state index contributed by atoms with van der Waals surface area (Å²) in [6, 6.07) is 12.0. The van der Waals surface area contributed by atoms with Crippen LogP contribution in [0.25, 0.3) is 10.4 Å². The van der Waals surface area contributed by atoms with Gasteiger partial charge in [0.15, 0.2) is 5.78 Å². The van der Waals surface area contributed by atoms with Gasteiger partial charge in [-0.25, -0.2) is 0 Å². The molecule has 2 heterocycles. The van der Waals surface area contributed by atoms with Crippen LogP contribution in [0.5, 0.6) is 5.75 Å². The third-order valence-electron chi connectivity index (χ3n) is 4.42. The Morgan fingerprint density at radius 2 is 1.73 bits per heavy atom. The number of thiophene rings is 2. The van der Waals surface area contributed by atoms with Crippen molar-refractivity contribution in [3.8, 4) is 16.2 Å². The second kappa shape index (κ2) is 10.3. The molecule has 7 heteroatoms. The SMILES string of the molecule is CC(=NCC(=O)c1cccs1)c1csc(-c2ccc(C(C)(C)C)cc2)c1O.O=C=O. The maximum Gasteiger partial charge on any atom is 0.373 e. The van der Waals surface area contributed by atoms with Crippen molar-refractivity contribution >= 4 is 40.3 Å². The third-order valence-corrected chi connectivity index (χ3v) is 6.35. The maximum atomic E-state index is 12.1. The number of hydrogen-bond acceptors (Lipinski definition) is 7. The molecule has 0 radical (unpaired) electrons. The largest absolute Gasteiger partial charge is 0.506 e. The van der Waals surface area contributed by atoms with Gasteiger partial charge in [0.1, 0.15) is 12.3 Å². The Morgan fingerprint density at radius 1 is 1.10 bits per heavy atom. The second-order valence-electron chi connectivity index (χ2n) is 7.54. The summed E-state index contributed by atoms with van der Waals surface area (Å²) in [6.45, 7) is 8.47. The topological polar surface area (TPSA) is 83.8 Å². The summed E-state index contributed by atoms with van der Waals surface area (Å²) < 4.78 is 0. The Labute approximate surface area is 183 Å². The zero-order valence-corrected chi connectivity index (χ0v) is 18.9. The number of ketones is 1. The van der Waals surface area contributed by atoms with Crippen LogP contribution < -0.4 is 0 Å². The molecule has 156 valence electrons. The van der Waals surface area contributed by atoms with E-state index in [0.717, 1.165) is 10.4 Å². The van der Waals surface area contributed by atoms with Gasteiger partial charge in [-0.3, -0.25) is 9.79 Å². The van der Waals surface area contributed by atoms with Gasteiger partial charge < -0.3 is 5.11 Å². The molecule has 30 heavy (non-hydrogen) atoms. The lowest BCUT2D eigenvalue weighted by Crippen LogP contribution is -2.10. The molecule has 3 rings (SSSR count). The van der Waals surface area contributed by atoms with Crippen molar-refractivity contribution in [2.24, 2.45) is 4.99 Å².